The fourth-order valence-electron chi connectivity index (χ4n) is 2.68. The molecular weight excluding hydrogens is 172 g/mol. The normalized spacial score (nSPS) is 35.4. The molecule has 74 valence electrons. The lowest BCUT2D eigenvalue weighted by Gasteiger charge is -2.13. The zero-order chi connectivity index (χ0) is 9.38. The Kier molecular flexibility index (Phi) is 2.03. The van der Waals surface area contributed by atoms with Crippen LogP contribution < -0.4 is 10.6 Å². The predicted octanol–water partition coefficient (Wildman–Crippen LogP) is 1.13. The van der Waals surface area contributed by atoms with Crippen LogP contribution in [-0.4, -0.2) is 25.2 Å². The molecule has 0 aromatic carbocycles. The summed E-state index contributed by atoms with van der Waals surface area (Å²) in [7, 11) is 0. The van der Waals surface area contributed by atoms with Crippen molar-refractivity contribution in [3.8, 4) is 0 Å². The molecule has 2 atom stereocenters. The van der Waals surface area contributed by atoms with Gasteiger partial charge in [-0.3, -0.25) is 0 Å². The fraction of sp³-hybridized carbons (Fsp3) is 0.500. The molecular formula is C12H16N2. The maximum absolute atomic E-state index is 3.68. The van der Waals surface area contributed by atoms with Crippen LogP contribution in [0.15, 0.2) is 35.5 Å². The van der Waals surface area contributed by atoms with E-state index in [0.29, 0.717) is 12.1 Å². The summed E-state index contributed by atoms with van der Waals surface area (Å²) in [4.78, 5) is 0. The fourth-order valence-corrected chi connectivity index (χ4v) is 2.68. The van der Waals surface area contributed by atoms with Crippen LogP contribution in [0.1, 0.15) is 12.8 Å². The van der Waals surface area contributed by atoms with E-state index in [1.165, 1.54) is 18.4 Å². The highest BCUT2D eigenvalue weighted by molar-refractivity contribution is 5.46. The molecule has 0 spiro atoms. The average molecular weight is 188 g/mol. The van der Waals surface area contributed by atoms with Gasteiger partial charge in [0.05, 0.1) is 6.04 Å². The molecule has 0 saturated carbocycles. The third kappa shape index (κ3) is 1.26. The Morgan fingerprint density at radius 3 is 3.21 bits per heavy atom. The number of fused-ring (bicyclic) bond motifs is 2. The molecule has 0 radical (unpaired) electrons. The Bertz CT molecular complexity index is 325. The smallest absolute Gasteiger partial charge is 0.0514 e. The molecule has 2 N–H and O–H groups in total. The van der Waals surface area contributed by atoms with Crippen LogP contribution in [0.4, 0.5) is 0 Å². The third-order valence-electron chi connectivity index (χ3n) is 3.38. The van der Waals surface area contributed by atoms with Gasteiger partial charge in [-0.15, -0.1) is 0 Å². The first-order valence-corrected chi connectivity index (χ1v) is 5.50. The summed E-state index contributed by atoms with van der Waals surface area (Å²) in [6, 6.07) is 1.12. The van der Waals surface area contributed by atoms with Gasteiger partial charge in [-0.05, 0) is 37.1 Å². The summed E-state index contributed by atoms with van der Waals surface area (Å²) in [6.07, 6.45) is 11.3. The maximum atomic E-state index is 3.68. The Labute approximate surface area is 84.8 Å². The van der Waals surface area contributed by atoms with Gasteiger partial charge in [0.1, 0.15) is 0 Å². The second kappa shape index (κ2) is 3.37. The van der Waals surface area contributed by atoms with E-state index in [0.717, 1.165) is 13.1 Å². The Morgan fingerprint density at radius 1 is 1.21 bits per heavy atom. The van der Waals surface area contributed by atoms with Crippen molar-refractivity contribution in [2.75, 3.05) is 13.1 Å². The molecule has 14 heavy (non-hydrogen) atoms. The number of hydrogen-bond donors (Lipinski definition) is 2. The highest BCUT2D eigenvalue weighted by Gasteiger charge is 2.30. The third-order valence-corrected chi connectivity index (χ3v) is 3.38. The molecule has 3 aliphatic rings. The van der Waals surface area contributed by atoms with Gasteiger partial charge in [-0.1, -0.05) is 24.3 Å². The summed E-state index contributed by atoms with van der Waals surface area (Å²) >= 11 is 0. The second-order valence-corrected chi connectivity index (χ2v) is 4.21. The van der Waals surface area contributed by atoms with Crippen molar-refractivity contribution in [1.29, 1.82) is 0 Å². The van der Waals surface area contributed by atoms with Gasteiger partial charge in [0, 0.05) is 6.04 Å². The van der Waals surface area contributed by atoms with Crippen LogP contribution in [0, 0.1) is 0 Å². The first-order chi connectivity index (χ1) is 6.95. The largest absolute Gasteiger partial charge is 0.316 e. The van der Waals surface area contributed by atoms with E-state index in [2.05, 4.69) is 34.9 Å². The molecule has 0 aromatic heterocycles. The lowest BCUT2D eigenvalue weighted by atomic mass is 9.96. The molecule has 2 heteroatoms. The molecule has 2 nitrogen and oxygen atoms in total. The summed E-state index contributed by atoms with van der Waals surface area (Å²) in [5, 5.41) is 7.14. The van der Waals surface area contributed by atoms with Gasteiger partial charge >= 0.3 is 0 Å². The van der Waals surface area contributed by atoms with Crippen LogP contribution in [0.2, 0.25) is 0 Å². The minimum absolute atomic E-state index is 0.498. The molecule has 1 saturated heterocycles. The number of hydrogen-bond acceptors (Lipinski definition) is 2. The van der Waals surface area contributed by atoms with E-state index in [4.69, 9.17) is 0 Å². The zero-order valence-corrected chi connectivity index (χ0v) is 8.29. The SMILES string of the molecule is C1=CC2=C3CCNCCC3NC2C=C1. The summed E-state index contributed by atoms with van der Waals surface area (Å²) in [6.45, 7) is 2.29. The molecule has 1 fully saturated rings. The second-order valence-electron chi connectivity index (χ2n) is 4.21. The van der Waals surface area contributed by atoms with E-state index in [1.54, 1.807) is 5.57 Å². The van der Waals surface area contributed by atoms with E-state index in [1.807, 2.05) is 0 Å². The van der Waals surface area contributed by atoms with E-state index >= 15 is 0 Å². The molecule has 0 amide bonds. The lowest BCUT2D eigenvalue weighted by molar-refractivity contribution is 0.559. The van der Waals surface area contributed by atoms with Crippen molar-refractivity contribution in [3.63, 3.8) is 0 Å². The maximum Gasteiger partial charge on any atom is 0.0514 e. The summed E-state index contributed by atoms with van der Waals surface area (Å²) in [5.41, 5.74) is 3.17. The summed E-state index contributed by atoms with van der Waals surface area (Å²) in [5.74, 6) is 0. The van der Waals surface area contributed by atoms with Crippen molar-refractivity contribution in [1.82, 2.24) is 10.6 Å². The Morgan fingerprint density at radius 2 is 2.21 bits per heavy atom. The van der Waals surface area contributed by atoms with Gasteiger partial charge in [0.15, 0.2) is 0 Å². The zero-order valence-electron chi connectivity index (χ0n) is 8.29. The lowest BCUT2D eigenvalue weighted by Crippen LogP contribution is -2.32. The predicted molar refractivity (Wildman–Crippen MR) is 58.1 cm³/mol. The molecule has 3 rings (SSSR count). The van der Waals surface area contributed by atoms with Gasteiger partial charge in [0.2, 0.25) is 0 Å². The Balaban J connectivity index is 1.96. The van der Waals surface area contributed by atoms with Crippen LogP contribution >= 0.6 is 0 Å². The minimum Gasteiger partial charge on any atom is -0.316 e. The van der Waals surface area contributed by atoms with Gasteiger partial charge in [-0.25, -0.2) is 0 Å². The average Bonchev–Trinajstić information content (AvgIpc) is 2.42. The minimum atomic E-state index is 0.498. The van der Waals surface area contributed by atoms with E-state index in [-0.39, 0.29) is 0 Å². The van der Waals surface area contributed by atoms with Crippen LogP contribution in [0.3, 0.4) is 0 Å². The monoisotopic (exact) mass is 188 g/mol. The molecule has 0 bridgehead atoms. The molecule has 2 aliphatic heterocycles. The van der Waals surface area contributed by atoms with Crippen molar-refractivity contribution >= 4 is 0 Å². The van der Waals surface area contributed by atoms with Gasteiger partial charge in [0.25, 0.3) is 0 Å². The van der Waals surface area contributed by atoms with Gasteiger partial charge in [-0.2, -0.15) is 0 Å². The van der Waals surface area contributed by atoms with Crippen LogP contribution in [-0.2, 0) is 0 Å². The first kappa shape index (κ1) is 8.45. The molecule has 1 aliphatic carbocycles. The number of allylic oxidation sites excluding steroid dienone is 2. The van der Waals surface area contributed by atoms with Gasteiger partial charge < -0.3 is 10.6 Å². The van der Waals surface area contributed by atoms with Crippen LogP contribution in [0.25, 0.3) is 0 Å². The van der Waals surface area contributed by atoms with Crippen molar-refractivity contribution in [3.05, 3.63) is 35.5 Å². The van der Waals surface area contributed by atoms with Crippen molar-refractivity contribution in [2.24, 2.45) is 0 Å². The van der Waals surface area contributed by atoms with E-state index < -0.39 is 0 Å². The molecule has 2 heterocycles. The number of nitrogens with one attached hydrogen (secondary N) is 2. The van der Waals surface area contributed by atoms with Crippen LogP contribution in [0.5, 0.6) is 0 Å². The topological polar surface area (TPSA) is 24.1 Å². The standard InChI is InChI=1S/C12H16N2/c1-2-4-11-9(3-1)10-5-7-13-8-6-12(10)14-11/h1-4,11-14H,5-8H2. The van der Waals surface area contributed by atoms with E-state index in [9.17, 15) is 0 Å². The highest BCUT2D eigenvalue weighted by atomic mass is 15.0. The molecule has 2 unspecified atom stereocenters. The summed E-state index contributed by atoms with van der Waals surface area (Å²) < 4.78 is 0. The highest BCUT2D eigenvalue weighted by Crippen LogP contribution is 2.30. The first-order valence-electron chi connectivity index (χ1n) is 5.50. The molecule has 0 aromatic rings. The van der Waals surface area contributed by atoms with Crippen molar-refractivity contribution < 1.29 is 0 Å². The van der Waals surface area contributed by atoms with Crippen molar-refractivity contribution in [2.45, 2.75) is 24.9 Å². The number of rotatable bonds is 0. The Hall–Kier alpha value is -0.860. The quantitative estimate of drug-likeness (QED) is 0.595.